The van der Waals surface area contributed by atoms with Gasteiger partial charge >= 0.3 is 0 Å². The van der Waals surface area contributed by atoms with Crippen molar-refractivity contribution >= 4 is 23.0 Å². The quantitative estimate of drug-likeness (QED) is 0.807. The number of hydrogen-bond acceptors (Lipinski definition) is 1. The highest BCUT2D eigenvalue weighted by Crippen LogP contribution is 2.26. The van der Waals surface area contributed by atoms with E-state index in [2.05, 4.69) is 42.7 Å². The average molecular weight is 276 g/mol. The molecule has 1 aromatic carbocycles. The van der Waals surface area contributed by atoms with Crippen LogP contribution in [0.15, 0.2) is 24.3 Å². The molecule has 1 aliphatic rings. The number of aryl methyl sites for hydroxylation is 1. The van der Waals surface area contributed by atoms with Crippen LogP contribution in [-0.2, 0) is 0 Å². The fourth-order valence-corrected chi connectivity index (χ4v) is 3.07. The molecular weight excluding hydrogens is 252 g/mol. The van der Waals surface area contributed by atoms with E-state index in [0.29, 0.717) is 6.04 Å². The molecule has 104 valence electrons. The van der Waals surface area contributed by atoms with E-state index < -0.39 is 0 Å². The molecular formula is C16H24N2S. The number of hydrogen-bond donors (Lipinski definition) is 2. The lowest BCUT2D eigenvalue weighted by atomic mass is 9.85. The minimum atomic E-state index is 0.549. The Morgan fingerprint density at radius 2 is 2.00 bits per heavy atom. The summed E-state index contributed by atoms with van der Waals surface area (Å²) in [5.41, 5.74) is 2.32. The molecule has 0 bridgehead atoms. The van der Waals surface area contributed by atoms with E-state index in [-0.39, 0.29) is 0 Å². The lowest BCUT2D eigenvalue weighted by Crippen LogP contribution is -2.39. The molecule has 2 rings (SSSR count). The molecule has 3 heteroatoms. The first kappa shape index (κ1) is 14.3. The average Bonchev–Trinajstić information content (AvgIpc) is 2.39. The van der Waals surface area contributed by atoms with Gasteiger partial charge in [0.15, 0.2) is 5.11 Å². The van der Waals surface area contributed by atoms with Crippen molar-refractivity contribution in [3.63, 3.8) is 0 Å². The summed E-state index contributed by atoms with van der Waals surface area (Å²) >= 11 is 5.40. The number of rotatable bonds is 3. The lowest BCUT2D eigenvalue weighted by molar-refractivity contribution is 0.306. The van der Waals surface area contributed by atoms with E-state index in [0.717, 1.165) is 16.7 Å². The van der Waals surface area contributed by atoms with Crippen molar-refractivity contribution in [1.29, 1.82) is 0 Å². The highest BCUT2D eigenvalue weighted by atomic mass is 32.1. The van der Waals surface area contributed by atoms with Crippen LogP contribution in [0.25, 0.3) is 0 Å². The van der Waals surface area contributed by atoms with Crippen molar-refractivity contribution in [3.05, 3.63) is 29.8 Å². The standard InChI is InChI=1S/C16H24N2S/c1-3-13-7-9-14(10-8-13)17-16(19)18-15-6-4-5-12(2)11-15/h4-6,11,13-14H,3,7-10H2,1-2H3,(H2,17,18,19). The summed E-state index contributed by atoms with van der Waals surface area (Å²) in [6.45, 7) is 4.38. The first-order valence-corrected chi connectivity index (χ1v) is 7.72. The van der Waals surface area contributed by atoms with Crippen LogP contribution in [0.1, 0.15) is 44.6 Å². The summed E-state index contributed by atoms with van der Waals surface area (Å²) in [7, 11) is 0. The minimum absolute atomic E-state index is 0.549. The lowest BCUT2D eigenvalue weighted by Gasteiger charge is -2.29. The summed E-state index contributed by atoms with van der Waals surface area (Å²) in [5.74, 6) is 0.927. The van der Waals surface area contributed by atoms with Crippen molar-refractivity contribution in [2.45, 2.75) is 52.0 Å². The van der Waals surface area contributed by atoms with Crippen LogP contribution in [0.2, 0.25) is 0 Å². The van der Waals surface area contributed by atoms with Crippen LogP contribution < -0.4 is 10.6 Å². The molecule has 2 nitrogen and oxygen atoms in total. The Morgan fingerprint density at radius 3 is 2.63 bits per heavy atom. The molecule has 0 saturated heterocycles. The van der Waals surface area contributed by atoms with Crippen LogP contribution in [0, 0.1) is 12.8 Å². The van der Waals surface area contributed by atoms with Crippen molar-refractivity contribution in [3.8, 4) is 0 Å². The van der Waals surface area contributed by atoms with Gasteiger partial charge in [-0.25, -0.2) is 0 Å². The van der Waals surface area contributed by atoms with E-state index in [9.17, 15) is 0 Å². The molecule has 0 aromatic heterocycles. The molecule has 0 atom stereocenters. The van der Waals surface area contributed by atoms with Gasteiger partial charge < -0.3 is 10.6 Å². The van der Waals surface area contributed by atoms with Crippen molar-refractivity contribution in [2.75, 3.05) is 5.32 Å². The Kier molecular flexibility index (Phi) is 5.20. The molecule has 0 radical (unpaired) electrons. The fraction of sp³-hybridized carbons (Fsp3) is 0.562. The van der Waals surface area contributed by atoms with Gasteiger partial charge in [-0.1, -0.05) is 25.5 Å². The zero-order valence-corrected chi connectivity index (χ0v) is 12.7. The predicted octanol–water partition coefficient (Wildman–Crippen LogP) is 4.25. The molecule has 2 N–H and O–H groups in total. The molecule has 0 aliphatic heterocycles. The smallest absolute Gasteiger partial charge is 0.170 e. The molecule has 1 aromatic rings. The van der Waals surface area contributed by atoms with E-state index in [4.69, 9.17) is 12.2 Å². The van der Waals surface area contributed by atoms with Gasteiger partial charge in [0.05, 0.1) is 0 Å². The Bertz CT molecular complexity index is 423. The summed E-state index contributed by atoms with van der Waals surface area (Å²) < 4.78 is 0. The van der Waals surface area contributed by atoms with Crippen LogP contribution >= 0.6 is 12.2 Å². The Morgan fingerprint density at radius 1 is 1.26 bits per heavy atom. The van der Waals surface area contributed by atoms with Crippen LogP contribution in [0.5, 0.6) is 0 Å². The Balaban J connectivity index is 1.79. The third-order valence-corrected chi connectivity index (χ3v) is 4.26. The maximum Gasteiger partial charge on any atom is 0.170 e. The van der Waals surface area contributed by atoms with Crippen LogP contribution in [0.3, 0.4) is 0 Å². The number of anilines is 1. The highest BCUT2D eigenvalue weighted by molar-refractivity contribution is 7.80. The van der Waals surface area contributed by atoms with Gasteiger partial charge in [-0.05, 0) is 68.4 Å². The van der Waals surface area contributed by atoms with Gasteiger partial charge in [0, 0.05) is 11.7 Å². The number of thiocarbonyl (C=S) groups is 1. The Labute approximate surface area is 122 Å². The van der Waals surface area contributed by atoms with E-state index in [1.807, 2.05) is 6.07 Å². The van der Waals surface area contributed by atoms with E-state index in [1.165, 1.54) is 37.7 Å². The fourth-order valence-electron chi connectivity index (χ4n) is 2.79. The van der Waals surface area contributed by atoms with Gasteiger partial charge in [-0.15, -0.1) is 0 Å². The van der Waals surface area contributed by atoms with E-state index >= 15 is 0 Å². The van der Waals surface area contributed by atoms with Crippen molar-refractivity contribution in [2.24, 2.45) is 5.92 Å². The second kappa shape index (κ2) is 6.90. The first-order valence-electron chi connectivity index (χ1n) is 7.31. The van der Waals surface area contributed by atoms with Gasteiger partial charge in [0.25, 0.3) is 0 Å². The third kappa shape index (κ3) is 4.50. The summed E-state index contributed by atoms with van der Waals surface area (Å²) in [6.07, 6.45) is 6.48. The molecule has 1 aliphatic carbocycles. The summed E-state index contributed by atoms with van der Waals surface area (Å²) in [6, 6.07) is 8.85. The van der Waals surface area contributed by atoms with E-state index in [1.54, 1.807) is 0 Å². The first-order chi connectivity index (χ1) is 9.17. The van der Waals surface area contributed by atoms with Crippen molar-refractivity contribution < 1.29 is 0 Å². The minimum Gasteiger partial charge on any atom is -0.360 e. The molecule has 19 heavy (non-hydrogen) atoms. The Hall–Kier alpha value is -1.09. The maximum absolute atomic E-state index is 5.40. The molecule has 1 fully saturated rings. The number of benzene rings is 1. The highest BCUT2D eigenvalue weighted by Gasteiger charge is 2.20. The van der Waals surface area contributed by atoms with Crippen LogP contribution in [0.4, 0.5) is 5.69 Å². The predicted molar refractivity (Wildman–Crippen MR) is 86.6 cm³/mol. The second-order valence-electron chi connectivity index (χ2n) is 5.59. The number of nitrogens with one attached hydrogen (secondary N) is 2. The maximum atomic E-state index is 5.40. The largest absolute Gasteiger partial charge is 0.360 e. The molecule has 0 spiro atoms. The van der Waals surface area contributed by atoms with Gasteiger partial charge in [0.1, 0.15) is 0 Å². The van der Waals surface area contributed by atoms with Crippen LogP contribution in [-0.4, -0.2) is 11.2 Å². The zero-order chi connectivity index (χ0) is 13.7. The van der Waals surface area contributed by atoms with Gasteiger partial charge in [0.2, 0.25) is 0 Å². The molecule has 1 saturated carbocycles. The SMILES string of the molecule is CCC1CCC(NC(=S)Nc2cccc(C)c2)CC1. The molecule has 0 heterocycles. The molecule has 0 amide bonds. The topological polar surface area (TPSA) is 24.1 Å². The van der Waals surface area contributed by atoms with Crippen molar-refractivity contribution in [1.82, 2.24) is 5.32 Å². The molecule has 0 unspecified atom stereocenters. The third-order valence-electron chi connectivity index (χ3n) is 4.04. The van der Waals surface area contributed by atoms with Gasteiger partial charge in [-0.3, -0.25) is 0 Å². The summed E-state index contributed by atoms with van der Waals surface area (Å²) in [5, 5.41) is 7.48. The second-order valence-corrected chi connectivity index (χ2v) is 6.00. The monoisotopic (exact) mass is 276 g/mol. The van der Waals surface area contributed by atoms with Gasteiger partial charge in [-0.2, -0.15) is 0 Å². The zero-order valence-electron chi connectivity index (χ0n) is 11.9. The summed E-state index contributed by atoms with van der Waals surface area (Å²) in [4.78, 5) is 0. The normalized spacial score (nSPS) is 22.8.